The summed E-state index contributed by atoms with van der Waals surface area (Å²) in [5.41, 5.74) is 2.49. The van der Waals surface area contributed by atoms with Crippen LogP contribution in [-0.4, -0.2) is 36.1 Å². The first-order chi connectivity index (χ1) is 10.8. The molecule has 0 amide bonds. The first kappa shape index (κ1) is 14.2. The molecule has 3 aromatic rings. The summed E-state index contributed by atoms with van der Waals surface area (Å²) >= 11 is 0. The van der Waals surface area contributed by atoms with Crippen LogP contribution >= 0.6 is 0 Å². The Hall–Kier alpha value is -2.74. The fraction of sp³-hybridized carbons (Fsp3) is 0.214. The van der Waals surface area contributed by atoms with Gasteiger partial charge in [-0.05, 0) is 6.92 Å². The summed E-state index contributed by atoms with van der Waals surface area (Å²) in [5.74, 6) is 0.669. The van der Waals surface area contributed by atoms with E-state index < -0.39 is 0 Å². The molecule has 0 aromatic carbocycles. The molecule has 2 N–H and O–H groups in total. The van der Waals surface area contributed by atoms with Gasteiger partial charge in [-0.2, -0.15) is 10.2 Å². The van der Waals surface area contributed by atoms with Gasteiger partial charge in [0.2, 0.25) is 0 Å². The lowest BCUT2D eigenvalue weighted by Crippen LogP contribution is -2.69. The van der Waals surface area contributed by atoms with Gasteiger partial charge in [-0.25, -0.2) is 14.6 Å². The maximum Gasteiger partial charge on any atom is 0.168 e. The zero-order chi connectivity index (χ0) is 15.5. The van der Waals surface area contributed by atoms with Crippen molar-refractivity contribution in [3.05, 3.63) is 37.7 Å². The first-order valence-electron chi connectivity index (χ1n) is 6.88. The van der Waals surface area contributed by atoms with Crippen LogP contribution in [0.5, 0.6) is 0 Å². The Kier molecular flexibility index (Phi) is 3.84. The normalized spacial score (nSPS) is 11.6. The Morgan fingerprint density at radius 3 is 2.95 bits per heavy atom. The zero-order valence-corrected chi connectivity index (χ0v) is 12.5. The predicted molar refractivity (Wildman–Crippen MR) is 81.0 cm³/mol. The number of nitrogens with zero attached hydrogens (tertiary/aromatic N) is 6. The van der Waals surface area contributed by atoms with Crippen LogP contribution in [0.1, 0.15) is 12.6 Å². The SMILES string of the molecule is [CH2-][NH2+]c1cnn(-c2ncnc3c2cnn3C)c1C=COCC. The van der Waals surface area contributed by atoms with Crippen molar-refractivity contribution >= 4 is 22.8 Å². The maximum atomic E-state index is 5.28. The van der Waals surface area contributed by atoms with Crippen LogP contribution in [0.4, 0.5) is 5.69 Å². The standard InChI is InChI=1S/C14H17N7O/c1-4-22-6-5-12-11(15-2)8-19-21(12)14-10-7-18-20(3)13(10)16-9-17-14/h5-9H,2,4,15H2,1,3H3. The Balaban J connectivity index is 2.16. The lowest BCUT2D eigenvalue weighted by atomic mass is 10.3. The second-order valence-electron chi connectivity index (χ2n) is 4.56. The van der Waals surface area contributed by atoms with Crippen LogP contribution < -0.4 is 5.32 Å². The lowest BCUT2D eigenvalue weighted by molar-refractivity contribution is -0.504. The van der Waals surface area contributed by atoms with Gasteiger partial charge in [-0.15, -0.1) is 7.05 Å². The highest BCUT2D eigenvalue weighted by molar-refractivity contribution is 5.82. The third-order valence-corrected chi connectivity index (χ3v) is 3.25. The fourth-order valence-corrected chi connectivity index (χ4v) is 2.19. The molecular formula is C14H17N7O. The van der Waals surface area contributed by atoms with E-state index in [2.05, 4.69) is 27.2 Å². The number of aromatic nitrogens is 6. The Morgan fingerprint density at radius 1 is 1.32 bits per heavy atom. The molecule has 3 heterocycles. The summed E-state index contributed by atoms with van der Waals surface area (Å²) in [4.78, 5) is 8.60. The minimum absolute atomic E-state index is 0.606. The van der Waals surface area contributed by atoms with Gasteiger partial charge in [0, 0.05) is 13.1 Å². The highest BCUT2D eigenvalue weighted by Crippen LogP contribution is 2.21. The number of ether oxygens (including phenoxy) is 1. The second-order valence-corrected chi connectivity index (χ2v) is 4.56. The molecule has 8 nitrogen and oxygen atoms in total. The van der Waals surface area contributed by atoms with Gasteiger partial charge in [-0.1, -0.05) is 0 Å². The van der Waals surface area contributed by atoms with E-state index in [0.717, 1.165) is 22.4 Å². The fourth-order valence-electron chi connectivity index (χ4n) is 2.19. The topological polar surface area (TPSA) is 87.3 Å². The molecule has 22 heavy (non-hydrogen) atoms. The number of hydrogen-bond donors (Lipinski definition) is 1. The number of quaternary nitrogens is 1. The monoisotopic (exact) mass is 299 g/mol. The highest BCUT2D eigenvalue weighted by atomic mass is 16.5. The molecule has 0 unspecified atom stereocenters. The molecule has 0 radical (unpaired) electrons. The van der Waals surface area contributed by atoms with Gasteiger partial charge in [-0.3, -0.25) is 4.68 Å². The summed E-state index contributed by atoms with van der Waals surface area (Å²) < 4.78 is 8.72. The molecule has 0 aliphatic carbocycles. The van der Waals surface area contributed by atoms with Gasteiger partial charge in [0.1, 0.15) is 23.9 Å². The molecule has 0 aliphatic heterocycles. The average Bonchev–Trinajstić information content (AvgIpc) is 3.11. The van der Waals surface area contributed by atoms with Crippen molar-refractivity contribution in [2.24, 2.45) is 7.05 Å². The van der Waals surface area contributed by atoms with Crippen LogP contribution in [0.15, 0.2) is 25.0 Å². The lowest BCUT2D eigenvalue weighted by Gasteiger charge is -2.05. The summed E-state index contributed by atoms with van der Waals surface area (Å²) in [7, 11) is 5.66. The van der Waals surface area contributed by atoms with Crippen LogP contribution in [0.3, 0.4) is 0 Å². The highest BCUT2D eigenvalue weighted by Gasteiger charge is 2.16. The van der Waals surface area contributed by atoms with Crippen molar-refractivity contribution < 1.29 is 10.1 Å². The molecule has 0 spiro atoms. The summed E-state index contributed by atoms with van der Waals surface area (Å²) in [6, 6.07) is 0. The third-order valence-electron chi connectivity index (χ3n) is 3.25. The van der Waals surface area contributed by atoms with E-state index in [9.17, 15) is 0 Å². The Morgan fingerprint density at radius 2 is 2.18 bits per heavy atom. The molecule has 0 fully saturated rings. The van der Waals surface area contributed by atoms with Crippen molar-refractivity contribution in [2.45, 2.75) is 6.92 Å². The van der Waals surface area contributed by atoms with Crippen molar-refractivity contribution in [2.75, 3.05) is 6.61 Å². The van der Waals surface area contributed by atoms with Crippen LogP contribution in [-0.2, 0) is 11.8 Å². The van der Waals surface area contributed by atoms with Gasteiger partial charge >= 0.3 is 0 Å². The van der Waals surface area contributed by atoms with E-state index in [4.69, 9.17) is 4.74 Å². The average molecular weight is 299 g/mol. The number of hydrogen-bond acceptors (Lipinski definition) is 5. The number of aryl methyl sites for hydroxylation is 1. The van der Waals surface area contributed by atoms with Crippen molar-refractivity contribution in [3.8, 4) is 5.82 Å². The van der Waals surface area contributed by atoms with Gasteiger partial charge in [0.05, 0.1) is 24.5 Å². The molecule has 114 valence electrons. The predicted octanol–water partition coefficient (Wildman–Crippen LogP) is 0.543. The molecule has 0 saturated heterocycles. The maximum absolute atomic E-state index is 5.28. The molecule has 3 rings (SSSR count). The quantitative estimate of drug-likeness (QED) is 0.549. The molecular weight excluding hydrogens is 282 g/mol. The molecule has 3 aromatic heterocycles. The number of rotatable bonds is 5. The van der Waals surface area contributed by atoms with E-state index in [-0.39, 0.29) is 0 Å². The van der Waals surface area contributed by atoms with Crippen LogP contribution in [0, 0.1) is 7.05 Å². The molecule has 8 heteroatoms. The summed E-state index contributed by atoms with van der Waals surface area (Å²) in [6.07, 6.45) is 8.46. The van der Waals surface area contributed by atoms with E-state index in [0.29, 0.717) is 12.4 Å². The number of fused-ring (bicyclic) bond motifs is 1. The van der Waals surface area contributed by atoms with Gasteiger partial charge in [0.25, 0.3) is 0 Å². The van der Waals surface area contributed by atoms with Crippen molar-refractivity contribution in [1.82, 2.24) is 29.5 Å². The molecule has 0 aliphatic rings. The first-order valence-corrected chi connectivity index (χ1v) is 6.88. The molecule has 0 saturated carbocycles. The van der Waals surface area contributed by atoms with Crippen molar-refractivity contribution in [1.29, 1.82) is 0 Å². The van der Waals surface area contributed by atoms with Crippen molar-refractivity contribution in [3.63, 3.8) is 0 Å². The van der Waals surface area contributed by atoms with Crippen LogP contribution in [0.25, 0.3) is 22.9 Å². The van der Waals surface area contributed by atoms with Gasteiger partial charge < -0.3 is 10.1 Å². The molecule has 0 bridgehead atoms. The minimum Gasteiger partial charge on any atom is -0.501 e. The smallest absolute Gasteiger partial charge is 0.168 e. The van der Waals surface area contributed by atoms with Crippen LogP contribution in [0.2, 0.25) is 0 Å². The van der Waals surface area contributed by atoms with E-state index in [1.54, 1.807) is 33.3 Å². The largest absolute Gasteiger partial charge is 0.501 e. The summed E-state index contributed by atoms with van der Waals surface area (Å²) in [5, 5.41) is 11.2. The van der Waals surface area contributed by atoms with E-state index in [1.165, 1.54) is 6.33 Å². The summed E-state index contributed by atoms with van der Waals surface area (Å²) in [6.45, 7) is 2.54. The zero-order valence-electron chi connectivity index (χ0n) is 12.5. The van der Waals surface area contributed by atoms with Gasteiger partial charge in [0.15, 0.2) is 11.5 Å². The Labute approximate surface area is 127 Å². The minimum atomic E-state index is 0.606. The third kappa shape index (κ3) is 2.33. The Bertz CT molecular complexity index is 818. The van der Waals surface area contributed by atoms with E-state index >= 15 is 0 Å². The number of nitrogens with two attached hydrogens (primary N) is 1. The molecule has 0 atom stereocenters. The van der Waals surface area contributed by atoms with E-state index in [1.807, 2.05) is 20.0 Å². The second kappa shape index (κ2) is 5.94.